The van der Waals surface area contributed by atoms with Crippen LogP contribution in [0.5, 0.6) is 0 Å². The summed E-state index contributed by atoms with van der Waals surface area (Å²) in [5.74, 6) is -1.19. The van der Waals surface area contributed by atoms with Crippen LogP contribution in [0.3, 0.4) is 0 Å². The lowest BCUT2D eigenvalue weighted by Gasteiger charge is -2.07. The van der Waals surface area contributed by atoms with Gasteiger partial charge in [-0.1, -0.05) is 6.07 Å². The molecule has 0 aliphatic carbocycles. The van der Waals surface area contributed by atoms with E-state index >= 15 is 0 Å². The third-order valence-electron chi connectivity index (χ3n) is 2.26. The number of methoxy groups -OCH3 is 1. The fraction of sp³-hybridized carbons (Fsp3) is 0.0833. The maximum atomic E-state index is 13.4. The molecule has 1 aromatic carbocycles. The van der Waals surface area contributed by atoms with E-state index < -0.39 is 11.8 Å². The maximum absolute atomic E-state index is 13.4. The standard InChI is InChI=1S/C12H9ClFN3O2/c1-19-11(18)7-3-2-4-8(5-7)16-10-9(14)6-15-12(13)17-10/h2-6H,1H3,(H,15,16,17). The SMILES string of the molecule is COC(=O)c1cccc(Nc2nc(Cl)ncc2F)c1. The van der Waals surface area contributed by atoms with Crippen molar-refractivity contribution < 1.29 is 13.9 Å². The zero-order valence-corrected chi connectivity index (χ0v) is 10.6. The molecular weight excluding hydrogens is 273 g/mol. The minimum absolute atomic E-state index is 0.0676. The van der Waals surface area contributed by atoms with E-state index in [0.717, 1.165) is 6.20 Å². The Morgan fingerprint density at radius 2 is 2.26 bits per heavy atom. The van der Waals surface area contributed by atoms with Crippen LogP contribution in [0, 0.1) is 5.82 Å². The molecule has 2 rings (SSSR count). The highest BCUT2D eigenvalue weighted by molar-refractivity contribution is 6.28. The van der Waals surface area contributed by atoms with Gasteiger partial charge in [0.1, 0.15) is 0 Å². The van der Waals surface area contributed by atoms with Gasteiger partial charge in [0.25, 0.3) is 0 Å². The van der Waals surface area contributed by atoms with Gasteiger partial charge in [0, 0.05) is 5.69 Å². The number of halogens is 2. The summed E-state index contributed by atoms with van der Waals surface area (Å²) in [7, 11) is 1.28. The molecule has 7 heteroatoms. The number of carbonyl (C=O) groups excluding carboxylic acids is 1. The summed E-state index contributed by atoms with van der Waals surface area (Å²) >= 11 is 5.58. The summed E-state index contributed by atoms with van der Waals surface area (Å²) < 4.78 is 18.0. The van der Waals surface area contributed by atoms with Crippen molar-refractivity contribution in [1.29, 1.82) is 0 Å². The van der Waals surface area contributed by atoms with Gasteiger partial charge in [0.2, 0.25) is 5.28 Å². The molecule has 5 nitrogen and oxygen atoms in total. The number of nitrogens with one attached hydrogen (secondary N) is 1. The van der Waals surface area contributed by atoms with Crippen LogP contribution in [0.15, 0.2) is 30.5 Å². The lowest BCUT2D eigenvalue weighted by Crippen LogP contribution is -2.03. The molecule has 0 aliphatic rings. The predicted octanol–water partition coefficient (Wildman–Crippen LogP) is 2.80. The van der Waals surface area contributed by atoms with Gasteiger partial charge in [-0.15, -0.1) is 0 Å². The molecule has 0 amide bonds. The van der Waals surface area contributed by atoms with Crippen molar-refractivity contribution in [3.05, 3.63) is 47.1 Å². The van der Waals surface area contributed by atoms with E-state index in [1.807, 2.05) is 0 Å². The normalized spacial score (nSPS) is 10.1. The predicted molar refractivity (Wildman–Crippen MR) is 68.1 cm³/mol. The first kappa shape index (κ1) is 13.2. The van der Waals surface area contributed by atoms with Crippen LogP contribution in [0.2, 0.25) is 5.28 Å². The molecule has 0 bridgehead atoms. The average molecular weight is 282 g/mol. The van der Waals surface area contributed by atoms with E-state index in [4.69, 9.17) is 11.6 Å². The Labute approximate surface area is 113 Å². The second kappa shape index (κ2) is 5.62. The van der Waals surface area contributed by atoms with E-state index in [-0.39, 0.29) is 11.1 Å². The highest BCUT2D eigenvalue weighted by Gasteiger charge is 2.09. The van der Waals surface area contributed by atoms with Crippen LogP contribution in [-0.2, 0) is 4.74 Å². The third-order valence-corrected chi connectivity index (χ3v) is 2.44. The van der Waals surface area contributed by atoms with Crippen LogP contribution in [-0.4, -0.2) is 23.0 Å². The molecule has 98 valence electrons. The zero-order valence-electron chi connectivity index (χ0n) is 9.85. The minimum atomic E-state index is -0.645. The van der Waals surface area contributed by atoms with Gasteiger partial charge in [-0.25, -0.2) is 14.2 Å². The Morgan fingerprint density at radius 3 is 3.00 bits per heavy atom. The monoisotopic (exact) mass is 281 g/mol. The maximum Gasteiger partial charge on any atom is 0.337 e. The number of ether oxygens (including phenoxy) is 1. The summed E-state index contributed by atoms with van der Waals surface area (Å²) in [6.45, 7) is 0. The van der Waals surface area contributed by atoms with E-state index in [2.05, 4.69) is 20.0 Å². The summed E-state index contributed by atoms with van der Waals surface area (Å²) in [6, 6.07) is 6.39. The van der Waals surface area contributed by atoms with E-state index in [1.54, 1.807) is 18.2 Å². The number of aromatic nitrogens is 2. The van der Waals surface area contributed by atoms with Gasteiger partial charge in [-0.2, -0.15) is 4.98 Å². The minimum Gasteiger partial charge on any atom is -0.465 e. The van der Waals surface area contributed by atoms with Gasteiger partial charge >= 0.3 is 5.97 Å². The third kappa shape index (κ3) is 3.17. The Morgan fingerprint density at radius 1 is 1.47 bits per heavy atom. The van der Waals surface area contributed by atoms with Crippen molar-refractivity contribution in [2.45, 2.75) is 0 Å². The Kier molecular flexibility index (Phi) is 3.91. The number of nitrogens with zero attached hydrogens (tertiary/aromatic N) is 2. The van der Waals surface area contributed by atoms with Gasteiger partial charge < -0.3 is 10.1 Å². The van der Waals surface area contributed by atoms with Crippen LogP contribution in [0.4, 0.5) is 15.9 Å². The lowest BCUT2D eigenvalue weighted by molar-refractivity contribution is 0.0601. The second-order valence-electron chi connectivity index (χ2n) is 3.53. The molecule has 1 N–H and O–H groups in total. The molecule has 1 aromatic heterocycles. The first-order valence-electron chi connectivity index (χ1n) is 5.23. The number of rotatable bonds is 3. The molecular formula is C12H9ClFN3O2. The molecule has 0 fully saturated rings. The quantitative estimate of drug-likeness (QED) is 0.692. The van der Waals surface area contributed by atoms with Crippen molar-refractivity contribution in [2.24, 2.45) is 0 Å². The number of hydrogen-bond donors (Lipinski definition) is 1. The molecule has 0 aliphatic heterocycles. The van der Waals surface area contributed by atoms with Crippen molar-refractivity contribution in [3.8, 4) is 0 Å². The number of carbonyl (C=O) groups is 1. The largest absolute Gasteiger partial charge is 0.465 e. The van der Waals surface area contributed by atoms with E-state index in [9.17, 15) is 9.18 Å². The smallest absolute Gasteiger partial charge is 0.337 e. The van der Waals surface area contributed by atoms with Gasteiger partial charge in [-0.05, 0) is 29.8 Å². The van der Waals surface area contributed by atoms with E-state index in [0.29, 0.717) is 11.3 Å². The highest BCUT2D eigenvalue weighted by Crippen LogP contribution is 2.19. The summed E-state index contributed by atoms with van der Waals surface area (Å²) in [5.41, 5.74) is 0.824. The molecule has 1 heterocycles. The van der Waals surface area contributed by atoms with E-state index in [1.165, 1.54) is 13.2 Å². The molecule has 0 atom stereocenters. The first-order valence-corrected chi connectivity index (χ1v) is 5.61. The Balaban J connectivity index is 2.28. The van der Waals surface area contributed by atoms with Gasteiger partial charge in [-0.3, -0.25) is 0 Å². The fourth-order valence-corrected chi connectivity index (χ4v) is 1.55. The van der Waals surface area contributed by atoms with Gasteiger partial charge in [0.15, 0.2) is 11.6 Å². The van der Waals surface area contributed by atoms with Crippen molar-refractivity contribution >= 4 is 29.1 Å². The number of esters is 1. The fourth-order valence-electron chi connectivity index (χ4n) is 1.41. The molecule has 0 unspecified atom stereocenters. The number of anilines is 2. The molecule has 19 heavy (non-hydrogen) atoms. The lowest BCUT2D eigenvalue weighted by atomic mass is 10.2. The molecule has 0 saturated heterocycles. The molecule has 0 saturated carbocycles. The van der Waals surface area contributed by atoms with Crippen molar-refractivity contribution in [1.82, 2.24) is 9.97 Å². The number of benzene rings is 1. The van der Waals surface area contributed by atoms with Crippen LogP contribution in [0.25, 0.3) is 0 Å². The van der Waals surface area contributed by atoms with Crippen LogP contribution in [0.1, 0.15) is 10.4 Å². The summed E-state index contributed by atoms with van der Waals surface area (Å²) in [6.07, 6.45) is 0.960. The van der Waals surface area contributed by atoms with Crippen LogP contribution < -0.4 is 5.32 Å². The zero-order chi connectivity index (χ0) is 13.8. The van der Waals surface area contributed by atoms with Gasteiger partial charge in [0.05, 0.1) is 18.9 Å². The topological polar surface area (TPSA) is 64.1 Å². The molecule has 0 radical (unpaired) electrons. The second-order valence-corrected chi connectivity index (χ2v) is 3.87. The van der Waals surface area contributed by atoms with Crippen molar-refractivity contribution in [2.75, 3.05) is 12.4 Å². The molecule has 2 aromatic rings. The summed E-state index contributed by atoms with van der Waals surface area (Å²) in [4.78, 5) is 18.6. The number of hydrogen-bond acceptors (Lipinski definition) is 5. The highest BCUT2D eigenvalue weighted by atomic mass is 35.5. The Bertz CT molecular complexity index is 622. The summed E-state index contributed by atoms with van der Waals surface area (Å²) in [5, 5.41) is 2.64. The van der Waals surface area contributed by atoms with Crippen LogP contribution >= 0.6 is 11.6 Å². The molecule has 0 spiro atoms. The first-order chi connectivity index (χ1) is 9.10. The average Bonchev–Trinajstić information content (AvgIpc) is 2.42. The Hall–Kier alpha value is -2.21. The van der Waals surface area contributed by atoms with Crippen molar-refractivity contribution in [3.63, 3.8) is 0 Å².